The average molecular weight is 578 g/mol. The van der Waals surface area contributed by atoms with Crippen molar-refractivity contribution in [3.05, 3.63) is 33.4 Å². The number of H-pyrrole nitrogens is 2. The first-order chi connectivity index (χ1) is 19.7. The molecule has 4 aromatic rings. The van der Waals surface area contributed by atoms with E-state index in [1.54, 1.807) is 0 Å². The van der Waals surface area contributed by atoms with Crippen molar-refractivity contribution in [3.63, 3.8) is 0 Å². The van der Waals surface area contributed by atoms with Crippen LogP contribution in [0.2, 0.25) is 0 Å². The Morgan fingerprint density at radius 1 is 0.878 bits per heavy atom. The van der Waals surface area contributed by atoms with Crippen LogP contribution in [0.5, 0.6) is 0 Å². The van der Waals surface area contributed by atoms with Crippen LogP contribution in [-0.4, -0.2) is 109 Å². The van der Waals surface area contributed by atoms with Crippen molar-refractivity contribution >= 4 is 34.2 Å². The fourth-order valence-electron chi connectivity index (χ4n) is 5.05. The summed E-state index contributed by atoms with van der Waals surface area (Å²) >= 11 is 0. The van der Waals surface area contributed by atoms with Crippen molar-refractivity contribution in [1.82, 2.24) is 44.5 Å². The predicted octanol–water partition coefficient (Wildman–Crippen LogP) is -4.43. The molecule has 0 aliphatic carbocycles. The van der Waals surface area contributed by atoms with Gasteiger partial charge in [-0.25, -0.2) is 15.4 Å². The molecule has 2 aliphatic heterocycles. The Kier molecular flexibility index (Phi) is 6.91. The van der Waals surface area contributed by atoms with E-state index in [-0.39, 0.29) is 47.2 Å². The van der Waals surface area contributed by atoms with E-state index in [0.717, 1.165) is 0 Å². The Morgan fingerprint density at radius 3 is 1.98 bits per heavy atom. The van der Waals surface area contributed by atoms with Crippen LogP contribution < -0.4 is 28.1 Å². The van der Waals surface area contributed by atoms with Gasteiger partial charge >= 0.3 is 0 Å². The van der Waals surface area contributed by atoms with Crippen LogP contribution in [-0.2, 0) is 14.3 Å². The Labute approximate surface area is 227 Å². The number of hydrogen-bond donors (Lipinski definition) is 9. The van der Waals surface area contributed by atoms with Gasteiger partial charge in [0.1, 0.15) is 30.5 Å². The molecule has 2 aliphatic rings. The first kappa shape index (κ1) is 27.2. The number of nitrogens with zero attached hydrogens (tertiary/aromatic N) is 6. The van der Waals surface area contributed by atoms with Crippen molar-refractivity contribution in [1.29, 1.82) is 0 Å². The first-order valence-electron chi connectivity index (χ1n) is 12.5. The summed E-state index contributed by atoms with van der Waals surface area (Å²) in [5, 5.41) is 41.9. The number of rotatable bonds is 8. The van der Waals surface area contributed by atoms with E-state index < -0.39 is 66.8 Å². The molecule has 8 atom stereocenters. The molecule has 0 saturated carbocycles. The Morgan fingerprint density at radius 2 is 1.41 bits per heavy atom. The van der Waals surface area contributed by atoms with Crippen molar-refractivity contribution in [2.24, 2.45) is 0 Å². The summed E-state index contributed by atoms with van der Waals surface area (Å²) in [5.74, 6) is -0.296. The second-order valence-corrected chi connectivity index (χ2v) is 9.60. The topological polar surface area (TPSA) is 300 Å². The van der Waals surface area contributed by atoms with Crippen LogP contribution in [0.3, 0.4) is 0 Å². The van der Waals surface area contributed by atoms with Crippen LogP contribution >= 0.6 is 0 Å². The first-order valence-corrected chi connectivity index (χ1v) is 12.5. The SMILES string of the molecule is Nc1nc2c(ncn2[C@@H]2O[C@H](CCNO[C@H]3[C@@H](O)[C@H](n4cnc5c(=O)[nH]c(N)nc54)O[C@@H]3CO)[C@@H](O)[C@H]2O)c(=O)[nH]1. The van der Waals surface area contributed by atoms with Crippen molar-refractivity contribution in [2.75, 3.05) is 24.6 Å². The number of hydrogen-bond acceptors (Lipinski definition) is 16. The number of aromatic amines is 2. The van der Waals surface area contributed by atoms with Gasteiger partial charge in [0.15, 0.2) is 34.8 Å². The number of fused-ring (bicyclic) bond motifs is 2. The van der Waals surface area contributed by atoms with Gasteiger partial charge in [-0.3, -0.25) is 33.5 Å². The number of nitrogens with two attached hydrogens (primary N) is 2. The van der Waals surface area contributed by atoms with Gasteiger partial charge < -0.3 is 41.4 Å². The van der Waals surface area contributed by atoms with E-state index in [2.05, 4.69) is 35.4 Å². The lowest BCUT2D eigenvalue weighted by atomic mass is 10.1. The van der Waals surface area contributed by atoms with E-state index >= 15 is 0 Å². The summed E-state index contributed by atoms with van der Waals surface area (Å²) < 4.78 is 14.2. The zero-order valence-corrected chi connectivity index (χ0v) is 21.1. The monoisotopic (exact) mass is 577 g/mol. The molecular weight excluding hydrogens is 550 g/mol. The molecule has 0 bridgehead atoms. The zero-order valence-electron chi connectivity index (χ0n) is 21.1. The smallest absolute Gasteiger partial charge is 0.280 e. The van der Waals surface area contributed by atoms with Gasteiger partial charge in [-0.2, -0.15) is 9.97 Å². The summed E-state index contributed by atoms with van der Waals surface area (Å²) in [5.41, 5.74) is 12.9. The van der Waals surface area contributed by atoms with Gasteiger partial charge in [0.05, 0.1) is 25.4 Å². The summed E-state index contributed by atoms with van der Waals surface area (Å²) in [4.78, 5) is 50.5. The van der Waals surface area contributed by atoms with Crippen molar-refractivity contribution in [3.8, 4) is 0 Å². The quantitative estimate of drug-likeness (QED) is 0.0704. The Hall–Kier alpha value is -4.02. The summed E-state index contributed by atoms with van der Waals surface area (Å²) in [6.07, 6.45) is -6.41. The molecule has 2 fully saturated rings. The number of ether oxygens (including phenoxy) is 2. The largest absolute Gasteiger partial charge is 0.394 e. The fraction of sp³-hybridized carbons (Fsp3) is 0.524. The number of hydroxylamine groups is 1. The number of imidazole rings is 2. The lowest BCUT2D eigenvalue weighted by Gasteiger charge is -2.21. The number of anilines is 2. The van der Waals surface area contributed by atoms with Gasteiger partial charge in [-0.1, -0.05) is 0 Å². The lowest BCUT2D eigenvalue weighted by Crippen LogP contribution is -2.41. The van der Waals surface area contributed by atoms with Crippen LogP contribution in [0, 0.1) is 0 Å². The molecule has 11 N–H and O–H groups in total. The number of nitrogen functional groups attached to an aromatic ring is 2. The maximum atomic E-state index is 12.1. The third-order valence-electron chi connectivity index (χ3n) is 7.03. The second kappa shape index (κ2) is 10.4. The van der Waals surface area contributed by atoms with Crippen LogP contribution in [0.15, 0.2) is 22.2 Å². The minimum absolute atomic E-state index is 0.00757. The molecule has 0 aromatic carbocycles. The molecule has 4 aromatic heterocycles. The predicted molar refractivity (Wildman–Crippen MR) is 136 cm³/mol. The zero-order chi connectivity index (χ0) is 29.0. The minimum Gasteiger partial charge on any atom is -0.394 e. The molecule has 6 heterocycles. The summed E-state index contributed by atoms with van der Waals surface area (Å²) in [6, 6.07) is 0. The highest BCUT2D eigenvalue weighted by atomic mass is 16.7. The van der Waals surface area contributed by atoms with Gasteiger partial charge in [0.2, 0.25) is 11.9 Å². The fourth-order valence-corrected chi connectivity index (χ4v) is 5.05. The molecule has 0 radical (unpaired) electrons. The number of aromatic nitrogens is 8. The normalized spacial score (nSPS) is 30.1. The third kappa shape index (κ3) is 4.61. The van der Waals surface area contributed by atoms with Crippen LogP contribution in [0.4, 0.5) is 11.9 Å². The lowest BCUT2D eigenvalue weighted by molar-refractivity contribution is -0.103. The Bertz CT molecular complexity index is 1680. The van der Waals surface area contributed by atoms with E-state index in [1.807, 2.05) is 0 Å². The average Bonchev–Trinajstić information content (AvgIpc) is 3.68. The molecule has 220 valence electrons. The minimum atomic E-state index is -1.37. The molecule has 0 amide bonds. The Balaban J connectivity index is 1.09. The third-order valence-corrected chi connectivity index (χ3v) is 7.03. The van der Waals surface area contributed by atoms with Crippen molar-refractivity contribution < 1.29 is 34.7 Å². The highest BCUT2D eigenvalue weighted by Crippen LogP contribution is 2.34. The molecule has 6 rings (SSSR count). The maximum absolute atomic E-state index is 12.1. The van der Waals surface area contributed by atoms with Gasteiger partial charge in [0, 0.05) is 6.54 Å². The number of aliphatic hydroxyl groups excluding tert-OH is 4. The molecule has 20 heteroatoms. The van der Waals surface area contributed by atoms with E-state index in [9.17, 15) is 30.0 Å². The highest BCUT2D eigenvalue weighted by molar-refractivity contribution is 5.71. The molecule has 41 heavy (non-hydrogen) atoms. The summed E-state index contributed by atoms with van der Waals surface area (Å²) in [6.45, 7) is -0.411. The molecular formula is C21H27N11O9. The molecule has 20 nitrogen and oxygen atoms in total. The van der Waals surface area contributed by atoms with Crippen LogP contribution in [0.1, 0.15) is 18.9 Å². The van der Waals surface area contributed by atoms with Crippen LogP contribution in [0.25, 0.3) is 22.3 Å². The van der Waals surface area contributed by atoms with E-state index in [1.165, 1.54) is 21.8 Å². The summed E-state index contributed by atoms with van der Waals surface area (Å²) in [7, 11) is 0. The van der Waals surface area contributed by atoms with Gasteiger partial charge in [0.25, 0.3) is 11.1 Å². The van der Waals surface area contributed by atoms with E-state index in [4.69, 9.17) is 25.8 Å². The standard InChI is InChI=1S/C21H27N11O9/c22-20-27-14-8(16(37)29-20)24-4-31(14)18-11(35)10(34)6(39-18)1-2-26-41-13-7(3-33)40-19(12(13)36)32-5-25-9-15(32)28-21(23)30-17(9)38/h4-7,10-13,18-19,26,33-36H,1-3H2,(H3,22,27,29,37)(H3,23,28,30,38)/t6-,7-,10-,11-,12-,13-,18-,19-/m1/s1. The number of nitrogens with one attached hydrogen (secondary N) is 3. The highest BCUT2D eigenvalue weighted by Gasteiger charge is 2.47. The van der Waals surface area contributed by atoms with E-state index in [0.29, 0.717) is 0 Å². The van der Waals surface area contributed by atoms with Crippen molar-refractivity contribution in [2.45, 2.75) is 55.5 Å². The molecule has 0 spiro atoms. The molecule has 2 saturated heterocycles. The second-order valence-electron chi connectivity index (χ2n) is 9.60. The van der Waals surface area contributed by atoms with Gasteiger partial charge in [-0.05, 0) is 6.42 Å². The molecule has 0 unspecified atom stereocenters. The maximum Gasteiger partial charge on any atom is 0.280 e. The number of aliphatic hydroxyl groups is 4. The van der Waals surface area contributed by atoms with Gasteiger partial charge in [-0.15, -0.1) is 0 Å².